The predicted molar refractivity (Wildman–Crippen MR) is 82.4 cm³/mol. The van der Waals surface area contributed by atoms with E-state index in [0.717, 1.165) is 18.4 Å². The maximum atomic E-state index is 12.6. The van der Waals surface area contributed by atoms with Crippen molar-refractivity contribution in [3.05, 3.63) is 34.9 Å². The summed E-state index contributed by atoms with van der Waals surface area (Å²) in [5, 5.41) is 9.95. The molecule has 0 radical (unpaired) electrons. The summed E-state index contributed by atoms with van der Waals surface area (Å²) in [6, 6.07) is 6.46. The lowest BCUT2D eigenvalue weighted by Gasteiger charge is -2.27. The minimum Gasteiger partial charge on any atom is -0.480 e. The van der Waals surface area contributed by atoms with Crippen LogP contribution in [0, 0.1) is 5.92 Å². The van der Waals surface area contributed by atoms with Crippen molar-refractivity contribution < 1.29 is 14.7 Å². The molecule has 0 bridgehead atoms. The molecular weight excluding hydrogens is 310 g/mol. The van der Waals surface area contributed by atoms with Gasteiger partial charge in [0, 0.05) is 10.8 Å². The highest BCUT2D eigenvalue weighted by molar-refractivity contribution is 8.00. The molecule has 1 aliphatic heterocycles. The largest absolute Gasteiger partial charge is 0.480 e. The van der Waals surface area contributed by atoms with E-state index in [9.17, 15) is 14.7 Å². The minimum absolute atomic E-state index is 0.0257. The average molecular weight is 326 g/mol. The highest BCUT2D eigenvalue weighted by Crippen LogP contribution is 2.45. The van der Waals surface area contributed by atoms with Crippen LogP contribution in [-0.4, -0.2) is 39.1 Å². The average Bonchev–Trinajstić information content (AvgIpc) is 3.16. The van der Waals surface area contributed by atoms with Gasteiger partial charge < -0.3 is 10.0 Å². The van der Waals surface area contributed by atoms with Gasteiger partial charge in [-0.25, -0.2) is 4.79 Å². The van der Waals surface area contributed by atoms with E-state index in [1.165, 1.54) is 0 Å². The summed E-state index contributed by atoms with van der Waals surface area (Å²) in [6.45, 7) is 0. The number of benzene rings is 1. The molecule has 2 aliphatic rings. The lowest BCUT2D eigenvalue weighted by Crippen LogP contribution is -2.46. The van der Waals surface area contributed by atoms with Gasteiger partial charge in [-0.15, -0.1) is 11.8 Å². The number of carbonyl (C=O) groups is 2. The molecule has 3 rings (SSSR count). The molecule has 1 heterocycles. The second-order valence-corrected chi connectivity index (χ2v) is 7.11. The second kappa shape index (κ2) is 5.89. The molecule has 0 spiro atoms. The maximum absolute atomic E-state index is 12.6. The Balaban J connectivity index is 1.77. The van der Waals surface area contributed by atoms with Gasteiger partial charge in [0.15, 0.2) is 0 Å². The third-order valence-corrected chi connectivity index (χ3v) is 5.57. The quantitative estimate of drug-likeness (QED) is 0.924. The van der Waals surface area contributed by atoms with E-state index in [-0.39, 0.29) is 17.7 Å². The van der Waals surface area contributed by atoms with Crippen LogP contribution in [0.15, 0.2) is 24.3 Å². The zero-order valence-corrected chi connectivity index (χ0v) is 12.9. The fraction of sp³-hybridized carbons (Fsp3) is 0.467. The van der Waals surface area contributed by atoms with Crippen LogP contribution in [0.25, 0.3) is 0 Å². The van der Waals surface area contributed by atoms with Crippen molar-refractivity contribution in [3.8, 4) is 0 Å². The fourth-order valence-electron chi connectivity index (χ4n) is 2.69. The van der Waals surface area contributed by atoms with Gasteiger partial charge in [0.1, 0.15) is 6.04 Å². The number of carboxylic acid groups (broad SMARTS) is 1. The summed E-state index contributed by atoms with van der Waals surface area (Å²) in [7, 11) is 0. The van der Waals surface area contributed by atoms with Crippen molar-refractivity contribution in [2.75, 3.05) is 5.75 Å². The number of hydrogen-bond donors (Lipinski definition) is 1. The molecule has 1 amide bonds. The van der Waals surface area contributed by atoms with Crippen LogP contribution in [0.2, 0.25) is 5.02 Å². The number of carboxylic acids is 1. The topological polar surface area (TPSA) is 57.6 Å². The van der Waals surface area contributed by atoms with E-state index in [1.54, 1.807) is 34.9 Å². The summed E-state index contributed by atoms with van der Waals surface area (Å²) in [4.78, 5) is 25.6. The third-order valence-electron chi connectivity index (χ3n) is 3.88. The van der Waals surface area contributed by atoms with E-state index < -0.39 is 12.0 Å². The third kappa shape index (κ3) is 3.19. The molecule has 1 aromatic rings. The van der Waals surface area contributed by atoms with Gasteiger partial charge in [0.05, 0.1) is 11.8 Å². The Morgan fingerprint density at radius 3 is 2.76 bits per heavy atom. The van der Waals surface area contributed by atoms with Crippen LogP contribution in [0.3, 0.4) is 0 Å². The zero-order chi connectivity index (χ0) is 15.0. The van der Waals surface area contributed by atoms with Crippen LogP contribution < -0.4 is 0 Å². The van der Waals surface area contributed by atoms with E-state index in [0.29, 0.717) is 16.7 Å². The number of aliphatic carboxylic acids is 1. The first-order chi connectivity index (χ1) is 10.1. The zero-order valence-electron chi connectivity index (χ0n) is 11.4. The Bertz CT molecular complexity index is 576. The summed E-state index contributed by atoms with van der Waals surface area (Å²) >= 11 is 7.53. The number of halogens is 1. The van der Waals surface area contributed by atoms with Gasteiger partial charge >= 0.3 is 5.97 Å². The van der Waals surface area contributed by atoms with Crippen molar-refractivity contribution >= 4 is 35.2 Å². The van der Waals surface area contributed by atoms with Crippen LogP contribution in [-0.2, 0) is 16.0 Å². The number of carbonyl (C=O) groups excluding carboxylic acids is 1. The van der Waals surface area contributed by atoms with Crippen molar-refractivity contribution in [2.45, 2.75) is 30.7 Å². The Hall–Kier alpha value is -1.20. The Morgan fingerprint density at radius 1 is 1.38 bits per heavy atom. The Labute approximate surface area is 132 Å². The minimum atomic E-state index is -0.912. The first-order valence-corrected chi connectivity index (χ1v) is 8.39. The first kappa shape index (κ1) is 14.7. The standard InChI is InChI=1S/C15H16ClNO3S/c16-11-3-1-2-9(6-11)7-13(18)17-12(15(19)20)8-21-14(17)10-4-5-10/h1-3,6,10,12,14H,4-5,7-8H2,(H,19,20). The van der Waals surface area contributed by atoms with E-state index in [1.807, 2.05) is 6.07 Å². The molecule has 6 heteroatoms. The Kier molecular flexibility index (Phi) is 4.13. The molecule has 0 aromatic heterocycles. The molecular formula is C15H16ClNO3S. The van der Waals surface area contributed by atoms with Gasteiger partial charge in [-0.1, -0.05) is 23.7 Å². The number of nitrogens with zero attached hydrogens (tertiary/aromatic N) is 1. The monoisotopic (exact) mass is 325 g/mol. The maximum Gasteiger partial charge on any atom is 0.327 e. The van der Waals surface area contributed by atoms with Crippen LogP contribution in [0.4, 0.5) is 0 Å². The van der Waals surface area contributed by atoms with Gasteiger partial charge in [-0.3, -0.25) is 4.79 Å². The molecule has 2 unspecified atom stereocenters. The summed E-state index contributed by atoms with van der Waals surface area (Å²) < 4.78 is 0. The van der Waals surface area contributed by atoms with Gasteiger partial charge in [-0.05, 0) is 36.5 Å². The van der Waals surface area contributed by atoms with Crippen molar-refractivity contribution in [3.63, 3.8) is 0 Å². The molecule has 21 heavy (non-hydrogen) atoms. The lowest BCUT2D eigenvalue weighted by molar-refractivity contribution is -0.149. The molecule has 1 saturated carbocycles. The Morgan fingerprint density at radius 2 is 2.14 bits per heavy atom. The fourth-order valence-corrected chi connectivity index (χ4v) is 4.56. The SMILES string of the molecule is O=C(O)C1CSC(C2CC2)N1C(=O)Cc1cccc(Cl)c1. The number of amides is 1. The molecule has 1 aliphatic carbocycles. The summed E-state index contributed by atoms with van der Waals surface area (Å²) in [6.07, 6.45) is 2.38. The molecule has 112 valence electrons. The van der Waals surface area contributed by atoms with E-state index >= 15 is 0 Å². The van der Waals surface area contributed by atoms with E-state index in [2.05, 4.69) is 0 Å². The molecule has 4 nitrogen and oxygen atoms in total. The first-order valence-electron chi connectivity index (χ1n) is 6.96. The second-order valence-electron chi connectivity index (χ2n) is 5.52. The molecule has 2 fully saturated rings. The van der Waals surface area contributed by atoms with Crippen LogP contribution in [0.1, 0.15) is 18.4 Å². The number of rotatable bonds is 4. The predicted octanol–water partition coefficient (Wildman–Crippen LogP) is 2.65. The van der Waals surface area contributed by atoms with Gasteiger partial charge in [0.25, 0.3) is 0 Å². The van der Waals surface area contributed by atoms with Crippen molar-refractivity contribution in [1.29, 1.82) is 0 Å². The summed E-state index contributed by atoms with van der Waals surface area (Å²) in [5.74, 6) is -0.0862. The van der Waals surface area contributed by atoms with Crippen LogP contribution >= 0.6 is 23.4 Å². The number of thioether (sulfide) groups is 1. The lowest BCUT2D eigenvalue weighted by atomic mass is 10.1. The molecule has 1 N–H and O–H groups in total. The van der Waals surface area contributed by atoms with Crippen molar-refractivity contribution in [1.82, 2.24) is 4.90 Å². The van der Waals surface area contributed by atoms with Crippen molar-refractivity contribution in [2.24, 2.45) is 5.92 Å². The van der Waals surface area contributed by atoms with Gasteiger partial charge in [-0.2, -0.15) is 0 Å². The van der Waals surface area contributed by atoms with Gasteiger partial charge in [0.2, 0.25) is 5.91 Å². The molecule has 2 atom stereocenters. The highest BCUT2D eigenvalue weighted by Gasteiger charge is 2.47. The normalized spacial score (nSPS) is 25.1. The van der Waals surface area contributed by atoms with E-state index in [4.69, 9.17) is 11.6 Å². The smallest absolute Gasteiger partial charge is 0.327 e. The summed E-state index contributed by atoms with van der Waals surface area (Å²) in [5.41, 5.74) is 0.822. The van der Waals surface area contributed by atoms with Crippen LogP contribution in [0.5, 0.6) is 0 Å². The highest BCUT2D eigenvalue weighted by atomic mass is 35.5. The molecule has 1 saturated heterocycles. The number of hydrogen-bond acceptors (Lipinski definition) is 3. The molecule has 1 aromatic carbocycles.